The molecule has 0 spiro atoms. The van der Waals surface area contributed by atoms with Crippen molar-refractivity contribution in [2.75, 3.05) is 13.1 Å². The van der Waals surface area contributed by atoms with E-state index in [0.717, 1.165) is 13.1 Å². The maximum Gasteiger partial charge on any atom is 0.187 e. The Morgan fingerprint density at radius 3 is 2.93 bits per heavy atom. The molecule has 1 aliphatic heterocycles. The van der Waals surface area contributed by atoms with Gasteiger partial charge in [-0.2, -0.15) is 0 Å². The van der Waals surface area contributed by atoms with Gasteiger partial charge in [0.25, 0.3) is 0 Å². The summed E-state index contributed by atoms with van der Waals surface area (Å²) in [4.78, 5) is 16.0. The van der Waals surface area contributed by atoms with Crippen LogP contribution >= 0.6 is 0 Å². The summed E-state index contributed by atoms with van der Waals surface area (Å²) in [5.41, 5.74) is 0.591. The van der Waals surface area contributed by atoms with Gasteiger partial charge in [0.1, 0.15) is 5.69 Å². The van der Waals surface area contributed by atoms with E-state index in [1.54, 1.807) is 17.1 Å². The van der Waals surface area contributed by atoms with E-state index in [1.807, 2.05) is 7.05 Å². The van der Waals surface area contributed by atoms with Gasteiger partial charge < -0.3 is 9.88 Å². The van der Waals surface area contributed by atoms with Crippen LogP contribution in [0.5, 0.6) is 0 Å². The van der Waals surface area contributed by atoms with Crippen LogP contribution in [0, 0.1) is 11.8 Å². The molecule has 2 unspecified atom stereocenters. The lowest BCUT2D eigenvalue weighted by Gasteiger charge is -2.10. The molecular formula is C10H15N3O. The first kappa shape index (κ1) is 9.40. The Hall–Kier alpha value is -1.16. The molecule has 76 valence electrons. The van der Waals surface area contributed by atoms with Crippen LogP contribution in [-0.2, 0) is 7.05 Å². The molecule has 2 rings (SSSR count). The van der Waals surface area contributed by atoms with Gasteiger partial charge in [-0.3, -0.25) is 4.79 Å². The van der Waals surface area contributed by atoms with Crippen LogP contribution in [0.25, 0.3) is 0 Å². The van der Waals surface area contributed by atoms with Crippen molar-refractivity contribution in [3.05, 3.63) is 18.2 Å². The van der Waals surface area contributed by atoms with Crippen LogP contribution in [0.2, 0.25) is 0 Å². The summed E-state index contributed by atoms with van der Waals surface area (Å²) < 4.78 is 1.81. The lowest BCUT2D eigenvalue weighted by Crippen LogP contribution is -2.21. The molecule has 4 heteroatoms. The third kappa shape index (κ3) is 1.57. The predicted molar refractivity (Wildman–Crippen MR) is 53.1 cm³/mol. The minimum Gasteiger partial charge on any atom is -0.340 e. The van der Waals surface area contributed by atoms with Gasteiger partial charge in [-0.1, -0.05) is 6.92 Å². The maximum absolute atomic E-state index is 12.0. The average molecular weight is 193 g/mol. The number of rotatable bonds is 2. The van der Waals surface area contributed by atoms with E-state index in [2.05, 4.69) is 17.2 Å². The minimum atomic E-state index is 0.102. The predicted octanol–water partition coefficient (Wildman–Crippen LogP) is 0.458. The molecule has 0 aromatic carbocycles. The number of Topliss-reactive ketones (excluding diaryl/α,β-unsaturated/α-hetero) is 1. The SMILES string of the molecule is CC1CNCC1C(=O)c1cn(C)cn1. The van der Waals surface area contributed by atoms with Crippen LogP contribution in [0.4, 0.5) is 0 Å². The van der Waals surface area contributed by atoms with Gasteiger partial charge in [0, 0.05) is 25.7 Å². The number of hydrogen-bond acceptors (Lipinski definition) is 3. The highest BCUT2D eigenvalue weighted by atomic mass is 16.1. The molecule has 1 saturated heterocycles. The fourth-order valence-electron chi connectivity index (χ4n) is 1.89. The van der Waals surface area contributed by atoms with Gasteiger partial charge in [0.05, 0.1) is 6.33 Å². The number of nitrogens with zero attached hydrogens (tertiary/aromatic N) is 2. The van der Waals surface area contributed by atoms with Gasteiger partial charge >= 0.3 is 0 Å². The number of hydrogen-bond donors (Lipinski definition) is 1. The molecule has 1 aromatic rings. The smallest absolute Gasteiger partial charge is 0.187 e. The number of carbonyl (C=O) groups excluding carboxylic acids is 1. The van der Waals surface area contributed by atoms with E-state index >= 15 is 0 Å². The zero-order valence-electron chi connectivity index (χ0n) is 8.53. The zero-order valence-corrected chi connectivity index (χ0v) is 8.53. The Balaban J connectivity index is 2.15. The number of aryl methyl sites for hydroxylation is 1. The second-order valence-corrected chi connectivity index (χ2v) is 4.03. The normalized spacial score (nSPS) is 26.7. The summed E-state index contributed by atoms with van der Waals surface area (Å²) in [5.74, 6) is 0.692. The van der Waals surface area contributed by atoms with Gasteiger partial charge in [-0.25, -0.2) is 4.98 Å². The summed E-state index contributed by atoms with van der Waals surface area (Å²) in [7, 11) is 1.88. The van der Waals surface area contributed by atoms with Crippen molar-refractivity contribution in [3.63, 3.8) is 0 Å². The molecule has 1 fully saturated rings. The van der Waals surface area contributed by atoms with Crippen LogP contribution in [0.15, 0.2) is 12.5 Å². The summed E-state index contributed by atoms with van der Waals surface area (Å²) in [6, 6.07) is 0. The van der Waals surface area contributed by atoms with Crippen LogP contribution in [0.1, 0.15) is 17.4 Å². The van der Waals surface area contributed by atoms with Gasteiger partial charge in [-0.05, 0) is 12.5 Å². The number of aromatic nitrogens is 2. The van der Waals surface area contributed by atoms with E-state index in [-0.39, 0.29) is 11.7 Å². The van der Waals surface area contributed by atoms with Crippen molar-refractivity contribution in [1.29, 1.82) is 0 Å². The van der Waals surface area contributed by atoms with Crippen molar-refractivity contribution in [2.24, 2.45) is 18.9 Å². The molecule has 0 radical (unpaired) electrons. The van der Waals surface area contributed by atoms with Gasteiger partial charge in [0.2, 0.25) is 0 Å². The van der Waals surface area contributed by atoms with E-state index in [1.165, 1.54) is 0 Å². The van der Waals surface area contributed by atoms with E-state index < -0.39 is 0 Å². The second kappa shape index (κ2) is 3.53. The first-order valence-corrected chi connectivity index (χ1v) is 4.91. The lowest BCUT2D eigenvalue weighted by molar-refractivity contribution is 0.0903. The number of nitrogens with one attached hydrogen (secondary N) is 1. The highest BCUT2D eigenvalue weighted by Crippen LogP contribution is 2.19. The third-order valence-electron chi connectivity index (χ3n) is 2.81. The van der Waals surface area contributed by atoms with Crippen molar-refractivity contribution in [2.45, 2.75) is 6.92 Å². The monoisotopic (exact) mass is 193 g/mol. The number of imidazole rings is 1. The fourth-order valence-corrected chi connectivity index (χ4v) is 1.89. The van der Waals surface area contributed by atoms with E-state index in [9.17, 15) is 4.79 Å². The first-order chi connectivity index (χ1) is 6.68. The molecule has 2 atom stereocenters. The molecule has 1 aliphatic rings. The molecule has 0 amide bonds. The van der Waals surface area contributed by atoms with Crippen LogP contribution in [0.3, 0.4) is 0 Å². The summed E-state index contributed by atoms with van der Waals surface area (Å²) in [5, 5.41) is 3.22. The molecule has 0 bridgehead atoms. The minimum absolute atomic E-state index is 0.102. The molecule has 4 nitrogen and oxygen atoms in total. The molecule has 0 saturated carbocycles. The summed E-state index contributed by atoms with van der Waals surface area (Å²) in [6.07, 6.45) is 3.45. The van der Waals surface area contributed by atoms with Crippen LogP contribution < -0.4 is 5.32 Å². The lowest BCUT2D eigenvalue weighted by atomic mass is 9.92. The number of carbonyl (C=O) groups is 1. The molecule has 14 heavy (non-hydrogen) atoms. The molecule has 1 N–H and O–H groups in total. The Morgan fingerprint density at radius 2 is 2.43 bits per heavy atom. The van der Waals surface area contributed by atoms with Crippen molar-refractivity contribution < 1.29 is 4.79 Å². The van der Waals surface area contributed by atoms with E-state index in [0.29, 0.717) is 11.6 Å². The van der Waals surface area contributed by atoms with Crippen molar-refractivity contribution in [1.82, 2.24) is 14.9 Å². The molecule has 2 heterocycles. The van der Waals surface area contributed by atoms with Gasteiger partial charge in [-0.15, -0.1) is 0 Å². The zero-order chi connectivity index (χ0) is 10.1. The Morgan fingerprint density at radius 1 is 1.64 bits per heavy atom. The standard InChI is InChI=1S/C10H15N3O/c1-7-3-11-4-8(7)10(14)9-5-13(2)6-12-9/h5-8,11H,3-4H2,1-2H3. The maximum atomic E-state index is 12.0. The Labute approximate surface area is 83.3 Å². The van der Waals surface area contributed by atoms with Crippen molar-refractivity contribution >= 4 is 5.78 Å². The van der Waals surface area contributed by atoms with Crippen LogP contribution in [-0.4, -0.2) is 28.4 Å². The van der Waals surface area contributed by atoms with E-state index in [4.69, 9.17) is 0 Å². The summed E-state index contributed by atoms with van der Waals surface area (Å²) in [6.45, 7) is 3.82. The largest absolute Gasteiger partial charge is 0.340 e. The topological polar surface area (TPSA) is 46.9 Å². The Bertz CT molecular complexity index is 345. The Kier molecular flexibility index (Phi) is 2.37. The quantitative estimate of drug-likeness (QED) is 0.694. The molecule has 0 aliphatic carbocycles. The average Bonchev–Trinajstić information content (AvgIpc) is 2.73. The number of ketones is 1. The molecular weight excluding hydrogens is 178 g/mol. The highest BCUT2D eigenvalue weighted by molar-refractivity contribution is 5.96. The summed E-state index contributed by atoms with van der Waals surface area (Å²) >= 11 is 0. The second-order valence-electron chi connectivity index (χ2n) is 4.03. The van der Waals surface area contributed by atoms with Crippen molar-refractivity contribution in [3.8, 4) is 0 Å². The van der Waals surface area contributed by atoms with Gasteiger partial charge in [0.15, 0.2) is 5.78 Å². The molecule has 1 aromatic heterocycles. The fraction of sp³-hybridized carbons (Fsp3) is 0.600. The first-order valence-electron chi connectivity index (χ1n) is 4.91. The highest BCUT2D eigenvalue weighted by Gasteiger charge is 2.31. The third-order valence-corrected chi connectivity index (χ3v) is 2.81.